The lowest BCUT2D eigenvalue weighted by molar-refractivity contribution is 0.382. The molecule has 0 aromatic carbocycles. The van der Waals surface area contributed by atoms with Crippen LogP contribution in [0.25, 0.3) is 0 Å². The molecule has 2 nitrogen and oxygen atoms in total. The summed E-state index contributed by atoms with van der Waals surface area (Å²) in [4.78, 5) is 6.46. The molecular weight excluding hydrogens is 160 g/mol. The maximum atomic E-state index is 4.10. The molecule has 0 fully saturated rings. The molecule has 0 aromatic heterocycles. The van der Waals surface area contributed by atoms with E-state index in [0.717, 1.165) is 6.42 Å². The van der Waals surface area contributed by atoms with E-state index in [-0.39, 0.29) is 0 Å². The Balaban J connectivity index is 2.21. The van der Waals surface area contributed by atoms with Gasteiger partial charge in [0, 0.05) is 31.9 Å². The van der Waals surface area contributed by atoms with Crippen LogP contribution in [0, 0.1) is 5.92 Å². The van der Waals surface area contributed by atoms with Gasteiger partial charge in [0.05, 0.1) is 6.04 Å². The summed E-state index contributed by atoms with van der Waals surface area (Å²) in [6.07, 6.45) is 7.71. The lowest BCUT2D eigenvalue weighted by Gasteiger charge is -2.24. The first-order valence-electron chi connectivity index (χ1n) is 4.80. The highest BCUT2D eigenvalue weighted by atomic mass is 15.2. The Hall–Kier alpha value is -1.05. The van der Waals surface area contributed by atoms with Crippen molar-refractivity contribution in [3.63, 3.8) is 0 Å². The van der Waals surface area contributed by atoms with Gasteiger partial charge in [0.2, 0.25) is 0 Å². The fraction of sp³-hybridized carbons (Fsp3) is 0.545. The van der Waals surface area contributed by atoms with Gasteiger partial charge < -0.3 is 4.90 Å². The Morgan fingerprint density at radius 1 is 1.62 bits per heavy atom. The minimum atomic E-state index is 0.488. The van der Waals surface area contributed by atoms with E-state index in [1.165, 1.54) is 11.3 Å². The van der Waals surface area contributed by atoms with E-state index in [9.17, 15) is 0 Å². The van der Waals surface area contributed by atoms with Crippen molar-refractivity contribution in [2.45, 2.75) is 19.4 Å². The van der Waals surface area contributed by atoms with Crippen LogP contribution in [-0.4, -0.2) is 31.3 Å². The van der Waals surface area contributed by atoms with Crippen molar-refractivity contribution in [1.29, 1.82) is 0 Å². The van der Waals surface area contributed by atoms with Crippen molar-refractivity contribution in [3.8, 4) is 0 Å². The average Bonchev–Trinajstić information content (AvgIpc) is 2.58. The van der Waals surface area contributed by atoms with Crippen LogP contribution in [0.1, 0.15) is 13.3 Å². The third-order valence-electron chi connectivity index (χ3n) is 2.97. The minimum Gasteiger partial charge on any atom is -0.369 e. The van der Waals surface area contributed by atoms with Crippen LogP contribution in [0.4, 0.5) is 0 Å². The van der Waals surface area contributed by atoms with Gasteiger partial charge in [-0.05, 0) is 12.0 Å². The Kier molecular flexibility index (Phi) is 1.98. The predicted octanol–water partition coefficient (Wildman–Crippen LogP) is 1.85. The van der Waals surface area contributed by atoms with Crippen LogP contribution in [-0.2, 0) is 0 Å². The molecule has 0 saturated carbocycles. The van der Waals surface area contributed by atoms with Crippen LogP contribution < -0.4 is 0 Å². The molecule has 0 aromatic rings. The highest BCUT2D eigenvalue weighted by Crippen LogP contribution is 2.37. The third-order valence-corrected chi connectivity index (χ3v) is 2.97. The molecule has 13 heavy (non-hydrogen) atoms. The van der Waals surface area contributed by atoms with Gasteiger partial charge in [0.1, 0.15) is 0 Å². The van der Waals surface area contributed by atoms with Crippen LogP contribution in [0.3, 0.4) is 0 Å². The summed E-state index contributed by atoms with van der Waals surface area (Å²) < 4.78 is 0. The van der Waals surface area contributed by atoms with Crippen molar-refractivity contribution >= 4 is 6.21 Å². The number of hydrogen-bond donors (Lipinski definition) is 0. The first-order chi connectivity index (χ1) is 6.24. The van der Waals surface area contributed by atoms with Gasteiger partial charge in [0.15, 0.2) is 0 Å². The molecule has 1 heterocycles. The monoisotopic (exact) mass is 176 g/mol. The summed E-state index contributed by atoms with van der Waals surface area (Å²) in [5.41, 5.74) is 2.99. The maximum absolute atomic E-state index is 4.10. The highest BCUT2D eigenvalue weighted by Gasteiger charge is 2.31. The molecule has 1 aliphatic heterocycles. The van der Waals surface area contributed by atoms with Gasteiger partial charge >= 0.3 is 0 Å². The van der Waals surface area contributed by atoms with Gasteiger partial charge in [-0.2, -0.15) is 0 Å². The van der Waals surface area contributed by atoms with Crippen molar-refractivity contribution in [2.24, 2.45) is 10.9 Å². The molecule has 2 atom stereocenters. The second-order valence-corrected chi connectivity index (χ2v) is 3.85. The normalized spacial score (nSPS) is 32.4. The summed E-state index contributed by atoms with van der Waals surface area (Å²) in [5, 5.41) is 0. The average molecular weight is 176 g/mol. The number of nitrogens with zero attached hydrogens (tertiary/aromatic N) is 2. The lowest BCUT2D eigenvalue weighted by Crippen LogP contribution is -2.28. The highest BCUT2D eigenvalue weighted by molar-refractivity contribution is 5.67. The van der Waals surface area contributed by atoms with E-state index in [1.807, 2.05) is 13.3 Å². The predicted molar refractivity (Wildman–Crippen MR) is 55.9 cm³/mol. The fourth-order valence-electron chi connectivity index (χ4n) is 2.32. The standard InChI is InChI=1S/C11H16N2/c1-8-4-5-9-6-10(7-12-2)13(3)11(8)9/h4-5,7-8,10H,6H2,1-3H3. The summed E-state index contributed by atoms with van der Waals surface area (Å²) in [7, 11) is 4.01. The molecule has 0 N–H and O–H groups in total. The SMILES string of the molecule is CN=CC1CC2=C(C(C)C=C2)N1C. The van der Waals surface area contributed by atoms with Gasteiger partial charge in [-0.1, -0.05) is 19.1 Å². The van der Waals surface area contributed by atoms with Gasteiger partial charge in [-0.25, -0.2) is 0 Å². The maximum Gasteiger partial charge on any atom is 0.0674 e. The molecule has 2 aliphatic rings. The third kappa shape index (κ3) is 1.21. The van der Waals surface area contributed by atoms with E-state index in [1.54, 1.807) is 0 Å². The van der Waals surface area contributed by atoms with Gasteiger partial charge in [-0.15, -0.1) is 0 Å². The van der Waals surface area contributed by atoms with E-state index in [4.69, 9.17) is 0 Å². The first kappa shape index (κ1) is 8.54. The molecule has 0 radical (unpaired) electrons. The lowest BCUT2D eigenvalue weighted by atomic mass is 10.1. The molecule has 70 valence electrons. The molecule has 0 bridgehead atoms. The number of rotatable bonds is 1. The second kappa shape index (κ2) is 3.02. The summed E-state index contributed by atoms with van der Waals surface area (Å²) in [6.45, 7) is 2.25. The van der Waals surface area contributed by atoms with Crippen LogP contribution in [0.15, 0.2) is 28.4 Å². The zero-order valence-electron chi connectivity index (χ0n) is 8.49. The van der Waals surface area contributed by atoms with Crippen molar-refractivity contribution in [3.05, 3.63) is 23.4 Å². The molecule has 2 rings (SSSR count). The van der Waals surface area contributed by atoms with Crippen LogP contribution in [0.2, 0.25) is 0 Å². The zero-order valence-corrected chi connectivity index (χ0v) is 8.49. The summed E-state index contributed by atoms with van der Waals surface area (Å²) >= 11 is 0. The quantitative estimate of drug-likeness (QED) is 0.557. The first-order valence-corrected chi connectivity index (χ1v) is 4.80. The van der Waals surface area contributed by atoms with Gasteiger partial charge in [-0.3, -0.25) is 4.99 Å². The van der Waals surface area contributed by atoms with Crippen LogP contribution >= 0.6 is 0 Å². The Labute approximate surface area is 79.7 Å². The number of allylic oxidation sites excluding steroid dienone is 2. The molecule has 2 unspecified atom stereocenters. The van der Waals surface area contributed by atoms with E-state index in [0.29, 0.717) is 12.0 Å². The topological polar surface area (TPSA) is 15.6 Å². The summed E-state index contributed by atoms with van der Waals surface area (Å²) in [5.74, 6) is 0.593. The zero-order chi connectivity index (χ0) is 9.42. The molecule has 0 spiro atoms. The number of hydrogen-bond acceptors (Lipinski definition) is 2. The van der Waals surface area contributed by atoms with Crippen molar-refractivity contribution < 1.29 is 0 Å². The minimum absolute atomic E-state index is 0.488. The van der Waals surface area contributed by atoms with Crippen molar-refractivity contribution in [2.75, 3.05) is 14.1 Å². The second-order valence-electron chi connectivity index (χ2n) is 3.85. The van der Waals surface area contributed by atoms with E-state index >= 15 is 0 Å². The number of aliphatic imine (C=N–C) groups is 1. The Bertz CT molecular complexity index is 299. The fourth-order valence-corrected chi connectivity index (χ4v) is 2.32. The smallest absolute Gasteiger partial charge is 0.0674 e. The molecule has 1 aliphatic carbocycles. The molecular formula is C11H16N2. The van der Waals surface area contributed by atoms with E-state index in [2.05, 4.69) is 36.0 Å². The van der Waals surface area contributed by atoms with E-state index < -0.39 is 0 Å². The summed E-state index contributed by atoms with van der Waals surface area (Å²) in [6, 6.07) is 0.488. The molecule has 2 heteroatoms. The molecule has 0 amide bonds. The van der Waals surface area contributed by atoms with Gasteiger partial charge in [0.25, 0.3) is 0 Å². The molecule has 0 saturated heterocycles. The largest absolute Gasteiger partial charge is 0.369 e. The van der Waals surface area contributed by atoms with Crippen LogP contribution in [0.5, 0.6) is 0 Å². The van der Waals surface area contributed by atoms with Crippen molar-refractivity contribution in [1.82, 2.24) is 4.90 Å². The Morgan fingerprint density at radius 3 is 3.00 bits per heavy atom. The Morgan fingerprint density at radius 2 is 2.38 bits per heavy atom.